The Labute approximate surface area is 121 Å². The van der Waals surface area contributed by atoms with Gasteiger partial charge >= 0.3 is 0 Å². The number of aliphatic hydroxyl groups is 1. The van der Waals surface area contributed by atoms with Crippen molar-refractivity contribution in [1.29, 1.82) is 0 Å². The zero-order chi connectivity index (χ0) is 13.4. The number of rotatable bonds is 3. The highest BCUT2D eigenvalue weighted by Crippen LogP contribution is 2.21. The molecule has 1 aliphatic carbocycles. The average Bonchev–Trinajstić information content (AvgIpc) is 2.93. The van der Waals surface area contributed by atoms with Crippen LogP contribution in [0.15, 0.2) is 22.9 Å². The maximum absolute atomic E-state index is 9.83. The van der Waals surface area contributed by atoms with Crippen molar-refractivity contribution in [3.63, 3.8) is 0 Å². The van der Waals surface area contributed by atoms with E-state index in [0.717, 1.165) is 47.2 Å². The lowest BCUT2D eigenvalue weighted by Crippen LogP contribution is -2.35. The molecule has 102 valence electrons. The van der Waals surface area contributed by atoms with Crippen molar-refractivity contribution in [2.45, 2.75) is 44.9 Å². The van der Waals surface area contributed by atoms with Gasteiger partial charge in [0.15, 0.2) is 0 Å². The van der Waals surface area contributed by atoms with E-state index in [1.165, 1.54) is 0 Å². The van der Waals surface area contributed by atoms with Crippen LogP contribution in [0.2, 0.25) is 0 Å². The Balaban J connectivity index is 1.81. The van der Waals surface area contributed by atoms with Crippen LogP contribution >= 0.6 is 15.9 Å². The Morgan fingerprint density at radius 2 is 2.37 bits per heavy atom. The van der Waals surface area contributed by atoms with E-state index in [1.54, 1.807) is 0 Å². The van der Waals surface area contributed by atoms with E-state index in [-0.39, 0.29) is 12.1 Å². The summed E-state index contributed by atoms with van der Waals surface area (Å²) in [7, 11) is 0. The molecule has 2 N–H and O–H groups in total. The maximum Gasteiger partial charge on any atom is 0.139 e. The molecule has 4 nitrogen and oxygen atoms in total. The molecule has 2 aromatic rings. The molecule has 0 aliphatic heterocycles. The highest BCUT2D eigenvalue weighted by atomic mass is 79.9. The normalized spacial score (nSPS) is 23.3. The van der Waals surface area contributed by atoms with E-state index in [0.29, 0.717) is 0 Å². The van der Waals surface area contributed by atoms with Gasteiger partial charge in [0.1, 0.15) is 5.65 Å². The van der Waals surface area contributed by atoms with Crippen LogP contribution in [0.3, 0.4) is 0 Å². The topological polar surface area (TPSA) is 49.6 Å². The predicted octanol–water partition coefficient (Wildman–Crippen LogP) is 2.41. The third kappa shape index (κ3) is 2.55. The van der Waals surface area contributed by atoms with Gasteiger partial charge in [-0.25, -0.2) is 4.98 Å². The fraction of sp³-hybridized carbons (Fsp3) is 0.500. The molecule has 1 saturated carbocycles. The van der Waals surface area contributed by atoms with Gasteiger partial charge in [0, 0.05) is 23.3 Å². The van der Waals surface area contributed by atoms with Crippen LogP contribution in [0.5, 0.6) is 0 Å². The van der Waals surface area contributed by atoms with Crippen molar-refractivity contribution >= 4 is 21.6 Å². The van der Waals surface area contributed by atoms with Gasteiger partial charge in [-0.15, -0.1) is 0 Å². The molecular weight excluding hydrogens is 306 g/mol. The van der Waals surface area contributed by atoms with Crippen LogP contribution in [-0.2, 0) is 6.54 Å². The van der Waals surface area contributed by atoms with E-state index in [9.17, 15) is 5.11 Å². The molecule has 0 radical (unpaired) electrons. The van der Waals surface area contributed by atoms with E-state index in [4.69, 9.17) is 0 Å². The second-order valence-corrected chi connectivity index (χ2v) is 6.19. The molecule has 0 saturated heterocycles. The Bertz CT molecular complexity index is 596. The van der Waals surface area contributed by atoms with Crippen molar-refractivity contribution in [3.05, 3.63) is 34.2 Å². The summed E-state index contributed by atoms with van der Waals surface area (Å²) in [5, 5.41) is 13.3. The van der Waals surface area contributed by atoms with Gasteiger partial charge < -0.3 is 14.8 Å². The van der Waals surface area contributed by atoms with Crippen molar-refractivity contribution in [2.24, 2.45) is 0 Å². The number of nitrogens with one attached hydrogen (secondary N) is 1. The summed E-state index contributed by atoms with van der Waals surface area (Å²) < 4.78 is 3.16. The molecule has 0 unspecified atom stereocenters. The standard InChI is InChI=1S/C14H18BrN3O/c1-9-5-10(15)8-18-11(7-17-14(9)18)6-16-12-3-2-4-13(12)19/h5,7-8,12-13,16,19H,2-4,6H2,1H3/t12-,13-/m1/s1. The summed E-state index contributed by atoms with van der Waals surface area (Å²) in [5.41, 5.74) is 3.27. The van der Waals surface area contributed by atoms with Gasteiger partial charge in [0.05, 0.1) is 18.0 Å². The first-order chi connectivity index (χ1) is 9.15. The quantitative estimate of drug-likeness (QED) is 0.912. The molecule has 0 bridgehead atoms. The summed E-state index contributed by atoms with van der Waals surface area (Å²) in [6.07, 6.45) is 6.82. The Hall–Kier alpha value is -0.910. The number of pyridine rings is 1. The highest BCUT2D eigenvalue weighted by molar-refractivity contribution is 9.10. The largest absolute Gasteiger partial charge is 0.392 e. The molecule has 0 spiro atoms. The minimum Gasteiger partial charge on any atom is -0.392 e. The smallest absolute Gasteiger partial charge is 0.139 e. The lowest BCUT2D eigenvalue weighted by atomic mass is 10.2. The molecule has 2 heterocycles. The second kappa shape index (κ2) is 5.23. The number of nitrogens with zero attached hydrogens (tertiary/aromatic N) is 2. The summed E-state index contributed by atoms with van der Waals surface area (Å²) >= 11 is 3.52. The molecule has 1 aliphatic rings. The van der Waals surface area contributed by atoms with Gasteiger partial charge in [0.25, 0.3) is 0 Å². The molecule has 0 amide bonds. The second-order valence-electron chi connectivity index (χ2n) is 5.27. The number of aliphatic hydroxyl groups excluding tert-OH is 1. The van der Waals surface area contributed by atoms with E-state index in [2.05, 4.69) is 43.6 Å². The molecule has 5 heteroatoms. The van der Waals surface area contributed by atoms with Crippen LogP contribution in [0.25, 0.3) is 5.65 Å². The lowest BCUT2D eigenvalue weighted by Gasteiger charge is -2.16. The first kappa shape index (κ1) is 13.1. The molecule has 0 aromatic carbocycles. The highest BCUT2D eigenvalue weighted by Gasteiger charge is 2.24. The van der Waals surface area contributed by atoms with Gasteiger partial charge in [0.2, 0.25) is 0 Å². The van der Waals surface area contributed by atoms with Crippen molar-refractivity contribution in [1.82, 2.24) is 14.7 Å². The zero-order valence-electron chi connectivity index (χ0n) is 10.9. The fourth-order valence-corrected chi connectivity index (χ4v) is 3.36. The molecule has 1 fully saturated rings. The number of fused-ring (bicyclic) bond motifs is 1. The lowest BCUT2D eigenvalue weighted by molar-refractivity contribution is 0.148. The van der Waals surface area contributed by atoms with Crippen LogP contribution in [0, 0.1) is 6.92 Å². The van der Waals surface area contributed by atoms with Crippen LogP contribution < -0.4 is 5.32 Å². The van der Waals surface area contributed by atoms with Crippen molar-refractivity contribution < 1.29 is 5.11 Å². The fourth-order valence-electron chi connectivity index (χ4n) is 2.81. The maximum atomic E-state index is 9.83. The molecule has 2 aromatic heterocycles. The average molecular weight is 324 g/mol. The van der Waals surface area contributed by atoms with E-state index in [1.807, 2.05) is 12.4 Å². The Kier molecular flexibility index (Phi) is 3.60. The molecule has 19 heavy (non-hydrogen) atoms. The van der Waals surface area contributed by atoms with Crippen molar-refractivity contribution in [2.75, 3.05) is 0 Å². The number of imidazole rings is 1. The summed E-state index contributed by atoms with van der Waals surface area (Å²) in [6.45, 7) is 2.80. The van der Waals surface area contributed by atoms with Gasteiger partial charge in [-0.1, -0.05) is 0 Å². The number of hydrogen-bond donors (Lipinski definition) is 2. The first-order valence-electron chi connectivity index (χ1n) is 6.68. The number of aromatic nitrogens is 2. The minimum absolute atomic E-state index is 0.201. The molecular formula is C14H18BrN3O. The Morgan fingerprint density at radius 3 is 3.11 bits per heavy atom. The van der Waals surface area contributed by atoms with Crippen LogP contribution in [-0.4, -0.2) is 26.6 Å². The number of hydrogen-bond acceptors (Lipinski definition) is 3. The zero-order valence-corrected chi connectivity index (χ0v) is 12.5. The number of aryl methyl sites for hydroxylation is 1. The van der Waals surface area contributed by atoms with Crippen LogP contribution in [0.4, 0.5) is 0 Å². The third-order valence-corrected chi connectivity index (χ3v) is 4.29. The monoisotopic (exact) mass is 323 g/mol. The van der Waals surface area contributed by atoms with Crippen LogP contribution in [0.1, 0.15) is 30.5 Å². The molecule has 3 rings (SSSR count). The van der Waals surface area contributed by atoms with Gasteiger partial charge in [-0.3, -0.25) is 0 Å². The predicted molar refractivity (Wildman–Crippen MR) is 78.1 cm³/mol. The Morgan fingerprint density at radius 1 is 1.53 bits per heavy atom. The van der Waals surface area contributed by atoms with Gasteiger partial charge in [-0.05, 0) is 53.7 Å². The minimum atomic E-state index is -0.201. The van der Waals surface area contributed by atoms with Crippen molar-refractivity contribution in [3.8, 4) is 0 Å². The molecule has 2 atom stereocenters. The first-order valence-corrected chi connectivity index (χ1v) is 7.48. The summed E-state index contributed by atoms with van der Waals surface area (Å²) in [6, 6.07) is 2.29. The third-order valence-electron chi connectivity index (χ3n) is 3.86. The van der Waals surface area contributed by atoms with E-state index >= 15 is 0 Å². The van der Waals surface area contributed by atoms with E-state index < -0.39 is 0 Å². The van der Waals surface area contributed by atoms with Gasteiger partial charge in [-0.2, -0.15) is 0 Å². The number of halogens is 1. The summed E-state index contributed by atoms with van der Waals surface area (Å²) in [4.78, 5) is 4.46. The SMILES string of the molecule is Cc1cc(Br)cn2c(CN[C@@H]3CCC[C@H]3O)cnc12. The summed E-state index contributed by atoms with van der Waals surface area (Å²) in [5.74, 6) is 0.